The maximum absolute atomic E-state index is 12.6. The van der Waals surface area contributed by atoms with Crippen molar-refractivity contribution >= 4 is 23.5 Å². The number of nitrogens with zero attached hydrogens (tertiary/aromatic N) is 1. The number of hydrogen-bond donors (Lipinski definition) is 2. The molecule has 2 aromatic rings. The summed E-state index contributed by atoms with van der Waals surface area (Å²) in [5.74, 6) is -1.25. The molecule has 0 spiro atoms. The number of fused-ring (bicyclic) bond motifs is 1. The Morgan fingerprint density at radius 3 is 2.61 bits per heavy atom. The molecule has 1 aliphatic heterocycles. The fourth-order valence-electron chi connectivity index (χ4n) is 3.23. The molecule has 0 radical (unpaired) electrons. The van der Waals surface area contributed by atoms with Crippen LogP contribution in [0, 0.1) is 0 Å². The Hall–Kier alpha value is -3.35. The molecule has 0 fully saturated rings. The average Bonchev–Trinajstić information content (AvgIpc) is 2.70. The zero-order valence-corrected chi connectivity index (χ0v) is 15.6. The average molecular weight is 382 g/mol. The SMILES string of the molecule is CN1C(=O)C[C@H](C(=O)NCCc2ccc(OCC(=O)O)cc2)c2ccccc21. The molecule has 0 saturated carbocycles. The normalized spacial score (nSPS) is 15.7. The molecular weight excluding hydrogens is 360 g/mol. The molecule has 0 bridgehead atoms. The van der Waals surface area contributed by atoms with Gasteiger partial charge in [0.25, 0.3) is 0 Å². The Kier molecular flexibility index (Phi) is 5.93. The van der Waals surface area contributed by atoms with Gasteiger partial charge in [-0.1, -0.05) is 30.3 Å². The number of nitrogens with one attached hydrogen (secondary N) is 1. The highest BCUT2D eigenvalue weighted by atomic mass is 16.5. The van der Waals surface area contributed by atoms with E-state index in [9.17, 15) is 14.4 Å². The van der Waals surface area contributed by atoms with Crippen LogP contribution < -0.4 is 15.0 Å². The summed E-state index contributed by atoms with van der Waals surface area (Å²) in [5, 5.41) is 11.5. The van der Waals surface area contributed by atoms with Crippen molar-refractivity contribution in [3.05, 3.63) is 59.7 Å². The van der Waals surface area contributed by atoms with E-state index in [2.05, 4.69) is 5.32 Å². The van der Waals surface area contributed by atoms with Crippen LogP contribution in [-0.2, 0) is 20.8 Å². The van der Waals surface area contributed by atoms with Crippen LogP contribution in [-0.4, -0.2) is 43.1 Å². The maximum Gasteiger partial charge on any atom is 0.341 e. The van der Waals surface area contributed by atoms with Gasteiger partial charge in [0.1, 0.15) is 5.75 Å². The minimum Gasteiger partial charge on any atom is -0.482 e. The van der Waals surface area contributed by atoms with Gasteiger partial charge in [-0.3, -0.25) is 9.59 Å². The summed E-state index contributed by atoms with van der Waals surface area (Å²) in [6.07, 6.45) is 0.780. The topological polar surface area (TPSA) is 95.9 Å². The standard InChI is InChI=1S/C21H22N2O5/c1-23-18-5-3-2-4-16(18)17(12-19(23)24)21(27)22-11-10-14-6-8-15(9-7-14)28-13-20(25)26/h2-9,17H,10-13H2,1H3,(H,22,27)(H,25,26)/t17-/m0/s1. The van der Waals surface area contributed by atoms with Gasteiger partial charge in [0.05, 0.1) is 5.92 Å². The van der Waals surface area contributed by atoms with Gasteiger partial charge in [-0.15, -0.1) is 0 Å². The maximum atomic E-state index is 12.6. The Balaban J connectivity index is 1.55. The molecule has 1 atom stereocenters. The minimum absolute atomic E-state index is 0.0733. The number of ether oxygens (including phenoxy) is 1. The van der Waals surface area contributed by atoms with Crippen molar-refractivity contribution in [2.45, 2.75) is 18.8 Å². The summed E-state index contributed by atoms with van der Waals surface area (Å²) in [7, 11) is 1.72. The number of rotatable bonds is 7. The molecule has 7 heteroatoms. The zero-order chi connectivity index (χ0) is 20.1. The van der Waals surface area contributed by atoms with Crippen molar-refractivity contribution in [1.82, 2.24) is 5.32 Å². The second kappa shape index (κ2) is 8.56. The predicted octanol–water partition coefficient (Wildman–Crippen LogP) is 1.96. The molecule has 3 rings (SSSR count). The number of carbonyl (C=O) groups excluding carboxylic acids is 2. The molecule has 28 heavy (non-hydrogen) atoms. The summed E-state index contributed by atoms with van der Waals surface area (Å²) in [5.41, 5.74) is 2.63. The second-order valence-corrected chi connectivity index (χ2v) is 6.64. The molecule has 2 aromatic carbocycles. The van der Waals surface area contributed by atoms with Crippen LogP contribution in [0.4, 0.5) is 5.69 Å². The molecule has 0 unspecified atom stereocenters. The number of carboxylic acid groups (broad SMARTS) is 1. The third-order valence-corrected chi connectivity index (χ3v) is 4.74. The van der Waals surface area contributed by atoms with Gasteiger partial charge in [0.2, 0.25) is 11.8 Å². The summed E-state index contributed by atoms with van der Waals surface area (Å²) in [6, 6.07) is 14.5. The monoisotopic (exact) mass is 382 g/mol. The lowest BCUT2D eigenvalue weighted by atomic mass is 9.89. The molecule has 0 aromatic heterocycles. The van der Waals surface area contributed by atoms with Crippen LogP contribution in [0.3, 0.4) is 0 Å². The van der Waals surface area contributed by atoms with Gasteiger partial charge in [-0.2, -0.15) is 0 Å². The van der Waals surface area contributed by atoms with Crippen LogP contribution in [0.1, 0.15) is 23.5 Å². The molecule has 1 heterocycles. The Morgan fingerprint density at radius 2 is 1.89 bits per heavy atom. The quantitative estimate of drug-likeness (QED) is 0.763. The molecule has 0 saturated heterocycles. The summed E-state index contributed by atoms with van der Waals surface area (Å²) in [4.78, 5) is 36.9. The van der Waals surface area contributed by atoms with E-state index in [0.29, 0.717) is 18.7 Å². The van der Waals surface area contributed by atoms with Gasteiger partial charge in [0.15, 0.2) is 6.61 Å². The Bertz CT molecular complexity index is 879. The molecule has 0 aliphatic carbocycles. The van der Waals surface area contributed by atoms with Gasteiger partial charge in [-0.25, -0.2) is 4.79 Å². The lowest BCUT2D eigenvalue weighted by molar-refractivity contribution is -0.139. The van der Waals surface area contributed by atoms with Crippen molar-refractivity contribution in [3.8, 4) is 5.75 Å². The highest BCUT2D eigenvalue weighted by Gasteiger charge is 2.33. The molecule has 2 N–H and O–H groups in total. The van der Waals surface area contributed by atoms with Crippen molar-refractivity contribution in [2.24, 2.45) is 0 Å². The van der Waals surface area contributed by atoms with Gasteiger partial charge >= 0.3 is 5.97 Å². The number of para-hydroxylation sites is 1. The van der Waals surface area contributed by atoms with E-state index in [4.69, 9.17) is 9.84 Å². The highest BCUT2D eigenvalue weighted by Crippen LogP contribution is 2.35. The first kappa shape index (κ1) is 19.4. The number of anilines is 1. The van der Waals surface area contributed by atoms with E-state index in [0.717, 1.165) is 16.8 Å². The number of amides is 2. The van der Waals surface area contributed by atoms with Crippen LogP contribution in [0.2, 0.25) is 0 Å². The first-order chi connectivity index (χ1) is 13.5. The van der Waals surface area contributed by atoms with E-state index in [-0.39, 0.29) is 24.8 Å². The fraction of sp³-hybridized carbons (Fsp3) is 0.286. The van der Waals surface area contributed by atoms with E-state index in [1.807, 2.05) is 36.4 Å². The zero-order valence-electron chi connectivity index (χ0n) is 15.6. The van der Waals surface area contributed by atoms with Gasteiger partial charge in [0, 0.05) is 25.7 Å². The third kappa shape index (κ3) is 4.49. The smallest absolute Gasteiger partial charge is 0.341 e. The van der Waals surface area contributed by atoms with Crippen LogP contribution >= 0.6 is 0 Å². The van der Waals surface area contributed by atoms with Crippen LogP contribution in [0.25, 0.3) is 0 Å². The molecule has 7 nitrogen and oxygen atoms in total. The van der Waals surface area contributed by atoms with Crippen molar-refractivity contribution < 1.29 is 24.2 Å². The largest absolute Gasteiger partial charge is 0.482 e. The number of hydrogen-bond acceptors (Lipinski definition) is 4. The van der Waals surface area contributed by atoms with Crippen molar-refractivity contribution in [3.63, 3.8) is 0 Å². The Morgan fingerprint density at radius 1 is 1.18 bits per heavy atom. The predicted molar refractivity (Wildman–Crippen MR) is 103 cm³/mol. The first-order valence-corrected chi connectivity index (χ1v) is 9.02. The fourth-order valence-corrected chi connectivity index (χ4v) is 3.23. The summed E-state index contributed by atoms with van der Waals surface area (Å²) >= 11 is 0. The van der Waals surface area contributed by atoms with E-state index in [1.165, 1.54) is 0 Å². The van der Waals surface area contributed by atoms with Crippen molar-refractivity contribution in [1.29, 1.82) is 0 Å². The second-order valence-electron chi connectivity index (χ2n) is 6.64. The van der Waals surface area contributed by atoms with Crippen LogP contribution in [0.15, 0.2) is 48.5 Å². The van der Waals surface area contributed by atoms with Crippen molar-refractivity contribution in [2.75, 3.05) is 25.1 Å². The van der Waals surface area contributed by atoms with Gasteiger partial charge in [-0.05, 0) is 35.7 Å². The lowest BCUT2D eigenvalue weighted by Gasteiger charge is -2.30. The Labute approximate surface area is 162 Å². The number of carboxylic acids is 1. The molecule has 2 amide bonds. The number of carbonyl (C=O) groups is 3. The van der Waals surface area contributed by atoms with Crippen LogP contribution in [0.5, 0.6) is 5.75 Å². The van der Waals surface area contributed by atoms with E-state index >= 15 is 0 Å². The number of benzene rings is 2. The van der Waals surface area contributed by atoms with E-state index in [1.54, 1.807) is 24.1 Å². The molecule has 1 aliphatic rings. The minimum atomic E-state index is -1.03. The third-order valence-electron chi connectivity index (χ3n) is 4.74. The molecule has 146 valence electrons. The van der Waals surface area contributed by atoms with Gasteiger partial charge < -0.3 is 20.1 Å². The lowest BCUT2D eigenvalue weighted by Crippen LogP contribution is -2.39. The summed E-state index contributed by atoms with van der Waals surface area (Å²) < 4.78 is 5.09. The van der Waals surface area contributed by atoms with E-state index < -0.39 is 11.9 Å². The number of aliphatic carboxylic acids is 1. The first-order valence-electron chi connectivity index (χ1n) is 9.02. The molecular formula is C21H22N2O5. The highest BCUT2D eigenvalue weighted by molar-refractivity contribution is 6.02. The summed E-state index contributed by atoms with van der Waals surface area (Å²) in [6.45, 7) is 0.0586.